The minimum Gasteiger partial charge on any atom is -0.338 e. The summed E-state index contributed by atoms with van der Waals surface area (Å²) < 4.78 is 0. The fourth-order valence-electron chi connectivity index (χ4n) is 2.34. The number of hydrogen-bond donors (Lipinski definition) is 1. The van der Waals surface area contributed by atoms with Crippen LogP contribution in [0, 0.1) is 5.92 Å². The first-order valence-electron chi connectivity index (χ1n) is 6.08. The van der Waals surface area contributed by atoms with Gasteiger partial charge in [0.2, 0.25) is 5.91 Å². The van der Waals surface area contributed by atoms with Gasteiger partial charge >= 0.3 is 0 Å². The second-order valence-corrected chi connectivity index (χ2v) is 5.10. The van der Waals surface area contributed by atoms with Gasteiger partial charge in [-0.15, -0.1) is 12.4 Å². The fourth-order valence-corrected chi connectivity index (χ4v) is 2.34. The number of rotatable bonds is 3. The maximum absolute atomic E-state index is 11.9. The normalized spacial score (nSPS) is 22.8. The monoisotopic (exact) mass is 248 g/mol. The van der Waals surface area contributed by atoms with E-state index in [1.54, 1.807) is 6.92 Å². The Hall–Kier alpha value is -0.280. The summed E-state index contributed by atoms with van der Waals surface area (Å²) in [6.45, 7) is 7.10. The van der Waals surface area contributed by atoms with Crippen molar-refractivity contribution in [3.8, 4) is 0 Å². The third-order valence-electron chi connectivity index (χ3n) is 3.04. The Balaban J connectivity index is 0.00000225. The van der Waals surface area contributed by atoms with Crippen LogP contribution in [0.4, 0.5) is 0 Å². The Labute approximate surface area is 105 Å². The van der Waals surface area contributed by atoms with E-state index in [0.717, 1.165) is 25.8 Å². The van der Waals surface area contributed by atoms with Crippen molar-refractivity contribution in [2.24, 2.45) is 11.7 Å². The lowest BCUT2D eigenvalue weighted by Crippen LogP contribution is -2.50. The standard InChI is InChI=1S/C12H24N2O.ClH/c1-9(2)8-11-6-4-5-7-14(11)12(15)10(3)13;/h9-11H,4-8,13H2,1-3H3;1H. The van der Waals surface area contributed by atoms with Crippen LogP contribution in [-0.2, 0) is 4.79 Å². The molecule has 0 aliphatic carbocycles. The van der Waals surface area contributed by atoms with Gasteiger partial charge in [-0.3, -0.25) is 4.79 Å². The minimum atomic E-state index is -0.349. The van der Waals surface area contributed by atoms with E-state index >= 15 is 0 Å². The lowest BCUT2D eigenvalue weighted by atomic mass is 9.93. The summed E-state index contributed by atoms with van der Waals surface area (Å²) in [6.07, 6.45) is 4.64. The van der Waals surface area contributed by atoms with E-state index in [4.69, 9.17) is 5.73 Å². The molecule has 0 saturated carbocycles. The molecule has 0 spiro atoms. The third kappa shape index (κ3) is 4.30. The maximum atomic E-state index is 11.9. The van der Waals surface area contributed by atoms with Gasteiger partial charge in [0.05, 0.1) is 6.04 Å². The van der Waals surface area contributed by atoms with Gasteiger partial charge < -0.3 is 10.6 Å². The second kappa shape index (κ2) is 7.13. The SMILES string of the molecule is CC(C)CC1CCCCN1C(=O)C(C)N.Cl. The van der Waals surface area contributed by atoms with Gasteiger partial charge in [-0.25, -0.2) is 0 Å². The van der Waals surface area contributed by atoms with Crippen molar-refractivity contribution < 1.29 is 4.79 Å². The number of nitrogens with two attached hydrogens (primary N) is 1. The van der Waals surface area contributed by atoms with Crippen molar-refractivity contribution in [1.29, 1.82) is 0 Å². The average Bonchev–Trinajstić information content (AvgIpc) is 2.16. The lowest BCUT2D eigenvalue weighted by Gasteiger charge is -2.37. The Morgan fingerprint density at radius 3 is 2.50 bits per heavy atom. The van der Waals surface area contributed by atoms with Crippen LogP contribution < -0.4 is 5.73 Å². The topological polar surface area (TPSA) is 46.3 Å². The molecule has 1 amide bonds. The summed E-state index contributed by atoms with van der Waals surface area (Å²) in [6, 6.07) is 0.0787. The molecule has 2 N–H and O–H groups in total. The lowest BCUT2D eigenvalue weighted by molar-refractivity contribution is -0.136. The van der Waals surface area contributed by atoms with Crippen molar-refractivity contribution in [1.82, 2.24) is 4.90 Å². The molecule has 0 bridgehead atoms. The van der Waals surface area contributed by atoms with Gasteiger partial charge in [0, 0.05) is 12.6 Å². The average molecular weight is 249 g/mol. The Kier molecular flexibility index (Phi) is 7.00. The van der Waals surface area contributed by atoms with Crippen molar-refractivity contribution in [3.05, 3.63) is 0 Å². The van der Waals surface area contributed by atoms with Crippen molar-refractivity contribution in [3.63, 3.8) is 0 Å². The molecule has 16 heavy (non-hydrogen) atoms. The highest BCUT2D eigenvalue weighted by molar-refractivity contribution is 5.85. The third-order valence-corrected chi connectivity index (χ3v) is 3.04. The first-order valence-corrected chi connectivity index (χ1v) is 6.08. The van der Waals surface area contributed by atoms with Crippen LogP contribution in [0.2, 0.25) is 0 Å². The molecule has 3 nitrogen and oxygen atoms in total. The molecule has 0 aromatic rings. The molecule has 0 aromatic carbocycles. The van der Waals surface area contributed by atoms with Crippen LogP contribution in [0.3, 0.4) is 0 Å². The predicted octanol–water partition coefficient (Wildman–Crippen LogP) is 2.18. The highest BCUT2D eigenvalue weighted by atomic mass is 35.5. The van der Waals surface area contributed by atoms with Crippen LogP contribution in [0.1, 0.15) is 46.5 Å². The number of nitrogens with zero attached hydrogens (tertiary/aromatic N) is 1. The van der Waals surface area contributed by atoms with Gasteiger partial charge in [-0.05, 0) is 38.5 Å². The van der Waals surface area contributed by atoms with Gasteiger partial charge in [-0.2, -0.15) is 0 Å². The van der Waals surface area contributed by atoms with Crippen LogP contribution in [0.15, 0.2) is 0 Å². The summed E-state index contributed by atoms with van der Waals surface area (Å²) >= 11 is 0. The highest BCUT2D eigenvalue weighted by Gasteiger charge is 2.28. The molecular weight excluding hydrogens is 224 g/mol. The quantitative estimate of drug-likeness (QED) is 0.832. The number of likely N-dealkylation sites (tertiary alicyclic amines) is 1. The number of carbonyl (C=O) groups is 1. The van der Waals surface area contributed by atoms with Crippen LogP contribution in [0.5, 0.6) is 0 Å². The molecule has 1 heterocycles. The zero-order valence-electron chi connectivity index (χ0n) is 10.6. The first kappa shape index (κ1) is 15.7. The van der Waals surface area contributed by atoms with Gasteiger partial charge in [0.15, 0.2) is 0 Å². The van der Waals surface area contributed by atoms with Crippen molar-refractivity contribution in [2.75, 3.05) is 6.54 Å². The second-order valence-electron chi connectivity index (χ2n) is 5.10. The summed E-state index contributed by atoms with van der Waals surface area (Å²) in [4.78, 5) is 13.9. The van der Waals surface area contributed by atoms with E-state index in [1.807, 2.05) is 4.90 Å². The van der Waals surface area contributed by atoms with Gasteiger partial charge in [0.25, 0.3) is 0 Å². The minimum absolute atomic E-state index is 0. The van der Waals surface area contributed by atoms with Crippen LogP contribution in [-0.4, -0.2) is 29.4 Å². The molecule has 4 heteroatoms. The maximum Gasteiger partial charge on any atom is 0.239 e. The Morgan fingerprint density at radius 2 is 2.00 bits per heavy atom. The van der Waals surface area contributed by atoms with E-state index in [1.165, 1.54) is 6.42 Å². The van der Waals surface area contributed by atoms with E-state index < -0.39 is 0 Å². The molecule has 0 radical (unpaired) electrons. The summed E-state index contributed by atoms with van der Waals surface area (Å²) in [5, 5.41) is 0. The van der Waals surface area contributed by atoms with Crippen molar-refractivity contribution in [2.45, 2.75) is 58.5 Å². The molecule has 1 saturated heterocycles. The number of halogens is 1. The predicted molar refractivity (Wildman–Crippen MR) is 69.7 cm³/mol. The van der Waals surface area contributed by atoms with E-state index in [9.17, 15) is 4.79 Å². The van der Waals surface area contributed by atoms with E-state index in [2.05, 4.69) is 13.8 Å². The number of carbonyl (C=O) groups excluding carboxylic acids is 1. The molecular formula is C12H25ClN2O. The summed E-state index contributed by atoms with van der Waals surface area (Å²) in [5.41, 5.74) is 5.67. The molecule has 1 aliphatic heterocycles. The van der Waals surface area contributed by atoms with Crippen LogP contribution in [0.25, 0.3) is 0 Å². The Bertz CT molecular complexity index is 219. The van der Waals surface area contributed by atoms with Crippen molar-refractivity contribution >= 4 is 18.3 Å². The van der Waals surface area contributed by atoms with Gasteiger partial charge in [0.1, 0.15) is 0 Å². The van der Waals surface area contributed by atoms with Crippen LogP contribution >= 0.6 is 12.4 Å². The van der Waals surface area contributed by atoms with Gasteiger partial charge in [-0.1, -0.05) is 13.8 Å². The first-order chi connectivity index (χ1) is 7.02. The molecule has 2 unspecified atom stereocenters. The zero-order chi connectivity index (χ0) is 11.4. The smallest absolute Gasteiger partial charge is 0.239 e. The largest absolute Gasteiger partial charge is 0.338 e. The molecule has 2 atom stereocenters. The molecule has 1 fully saturated rings. The summed E-state index contributed by atoms with van der Waals surface area (Å²) in [7, 11) is 0. The number of piperidine rings is 1. The van der Waals surface area contributed by atoms with E-state index in [-0.39, 0.29) is 24.4 Å². The number of amides is 1. The summed E-state index contributed by atoms with van der Waals surface area (Å²) in [5.74, 6) is 0.775. The highest BCUT2D eigenvalue weighted by Crippen LogP contribution is 2.23. The molecule has 96 valence electrons. The number of hydrogen-bond acceptors (Lipinski definition) is 2. The molecule has 0 aromatic heterocycles. The Morgan fingerprint density at radius 1 is 1.38 bits per heavy atom. The molecule has 1 aliphatic rings. The zero-order valence-corrected chi connectivity index (χ0v) is 11.4. The van der Waals surface area contributed by atoms with E-state index in [0.29, 0.717) is 12.0 Å². The molecule has 1 rings (SSSR count). The fraction of sp³-hybridized carbons (Fsp3) is 0.917.